The van der Waals surface area contributed by atoms with E-state index in [0.717, 1.165) is 16.9 Å². The van der Waals surface area contributed by atoms with Crippen molar-refractivity contribution in [1.29, 1.82) is 0 Å². The second-order valence-electron chi connectivity index (χ2n) is 5.13. The number of ether oxygens (including phenoxy) is 1. The Labute approximate surface area is 128 Å². The van der Waals surface area contributed by atoms with Gasteiger partial charge in [0.2, 0.25) is 5.91 Å². The molecule has 0 radical (unpaired) electrons. The first-order chi connectivity index (χ1) is 10.8. The van der Waals surface area contributed by atoms with Crippen LogP contribution in [0.3, 0.4) is 0 Å². The number of amides is 1. The van der Waals surface area contributed by atoms with E-state index in [0.29, 0.717) is 0 Å². The normalized spacial score (nSPS) is 22.0. The van der Waals surface area contributed by atoms with Crippen molar-refractivity contribution in [3.05, 3.63) is 18.1 Å². The number of aromatic nitrogens is 4. The predicted molar refractivity (Wildman–Crippen MR) is 71.5 cm³/mol. The number of alkyl halides is 3. The smallest absolute Gasteiger partial charge is 0.380 e. The topological polar surface area (TPSA) is 98.6 Å². The lowest BCUT2D eigenvalue weighted by atomic mass is 10.2. The summed E-state index contributed by atoms with van der Waals surface area (Å²) in [6.07, 6.45) is -3.60. The summed E-state index contributed by atoms with van der Waals surface area (Å²) in [6, 6.07) is 0.0335. The number of nitrogens with zero attached hydrogens (tertiary/aromatic N) is 5. The van der Waals surface area contributed by atoms with Crippen LogP contribution in [0.5, 0.6) is 0 Å². The lowest BCUT2D eigenvalue weighted by Gasteiger charge is -2.24. The Morgan fingerprint density at radius 1 is 1.48 bits per heavy atom. The molecule has 11 heteroatoms. The highest BCUT2D eigenvalue weighted by molar-refractivity contribution is 5.84. The molecule has 2 N–H and O–H groups in total. The van der Waals surface area contributed by atoms with Gasteiger partial charge in [-0.25, -0.2) is 4.98 Å². The summed E-state index contributed by atoms with van der Waals surface area (Å²) in [6.45, 7) is 0.209. The van der Waals surface area contributed by atoms with Gasteiger partial charge >= 0.3 is 6.18 Å². The molecule has 3 rings (SSSR count). The van der Waals surface area contributed by atoms with Gasteiger partial charge in [0, 0.05) is 26.1 Å². The molecule has 0 spiro atoms. The molecule has 0 unspecified atom stereocenters. The van der Waals surface area contributed by atoms with Crippen LogP contribution in [0.2, 0.25) is 0 Å². The highest BCUT2D eigenvalue weighted by atomic mass is 19.4. The quantitative estimate of drug-likeness (QED) is 0.864. The molecule has 124 valence electrons. The molecule has 2 aromatic heterocycles. The molecule has 8 nitrogen and oxygen atoms in total. The number of anilines is 1. The van der Waals surface area contributed by atoms with E-state index in [4.69, 9.17) is 10.5 Å². The number of carbonyl (C=O) groups is 1. The number of fused-ring (bicyclic) bond motifs is 1. The molecule has 2 atom stereocenters. The molecule has 3 heterocycles. The first kappa shape index (κ1) is 15.5. The standard InChI is InChI=1S/C12H13F3N6O2/c1-23-6-2-7(10(16)22)20(4-6)9-3-8(12(13,14)15)19-11-17-5-18-21(9)11/h3,5-7H,2,4H2,1H3,(H2,16,22)/t6-,7-/m0/s1. The van der Waals surface area contributed by atoms with Gasteiger partial charge in [0.05, 0.1) is 6.10 Å². The van der Waals surface area contributed by atoms with Crippen molar-refractivity contribution in [2.75, 3.05) is 18.6 Å². The monoisotopic (exact) mass is 330 g/mol. The Morgan fingerprint density at radius 3 is 2.83 bits per heavy atom. The zero-order valence-corrected chi connectivity index (χ0v) is 12.0. The highest BCUT2D eigenvalue weighted by Gasteiger charge is 2.40. The Bertz CT molecular complexity index is 746. The number of halogens is 3. The maximum absolute atomic E-state index is 13.0. The van der Waals surface area contributed by atoms with E-state index >= 15 is 0 Å². The van der Waals surface area contributed by atoms with Crippen LogP contribution < -0.4 is 10.6 Å². The van der Waals surface area contributed by atoms with Crippen LogP contribution in [0, 0.1) is 0 Å². The van der Waals surface area contributed by atoms with Gasteiger partial charge in [-0.1, -0.05) is 0 Å². The minimum Gasteiger partial charge on any atom is -0.380 e. The van der Waals surface area contributed by atoms with Crippen LogP contribution in [0.25, 0.3) is 5.78 Å². The molecule has 1 amide bonds. The van der Waals surface area contributed by atoms with Crippen LogP contribution in [0.15, 0.2) is 12.4 Å². The molecule has 1 aliphatic heterocycles. The second-order valence-corrected chi connectivity index (χ2v) is 5.13. The molecular formula is C12H13F3N6O2. The average Bonchev–Trinajstić information content (AvgIpc) is 3.11. The maximum Gasteiger partial charge on any atom is 0.433 e. The van der Waals surface area contributed by atoms with E-state index in [9.17, 15) is 18.0 Å². The number of hydrogen-bond acceptors (Lipinski definition) is 6. The summed E-state index contributed by atoms with van der Waals surface area (Å²) in [7, 11) is 1.46. The number of carbonyl (C=O) groups excluding carboxylic acids is 1. The minimum atomic E-state index is -4.65. The molecule has 1 fully saturated rings. The third-order valence-corrected chi connectivity index (χ3v) is 3.74. The molecule has 1 saturated heterocycles. The Morgan fingerprint density at radius 2 is 2.22 bits per heavy atom. The van der Waals surface area contributed by atoms with Crippen LogP contribution in [-0.2, 0) is 15.7 Å². The van der Waals surface area contributed by atoms with E-state index < -0.39 is 23.8 Å². The van der Waals surface area contributed by atoms with Gasteiger partial charge in [0.25, 0.3) is 5.78 Å². The van der Waals surface area contributed by atoms with Crippen molar-refractivity contribution >= 4 is 17.5 Å². The van der Waals surface area contributed by atoms with Crippen molar-refractivity contribution in [3.63, 3.8) is 0 Å². The van der Waals surface area contributed by atoms with Gasteiger partial charge in [0.1, 0.15) is 18.2 Å². The summed E-state index contributed by atoms with van der Waals surface area (Å²) in [5.41, 5.74) is 4.25. The van der Waals surface area contributed by atoms with E-state index in [1.807, 2.05) is 0 Å². The summed E-state index contributed by atoms with van der Waals surface area (Å²) in [5, 5.41) is 3.87. The summed E-state index contributed by atoms with van der Waals surface area (Å²) < 4.78 is 45.4. The summed E-state index contributed by atoms with van der Waals surface area (Å²) >= 11 is 0. The van der Waals surface area contributed by atoms with Crippen molar-refractivity contribution in [2.45, 2.75) is 24.7 Å². The van der Waals surface area contributed by atoms with Crippen molar-refractivity contribution < 1.29 is 22.7 Å². The molecule has 0 aliphatic carbocycles. The largest absolute Gasteiger partial charge is 0.433 e. The lowest BCUT2D eigenvalue weighted by Crippen LogP contribution is -2.41. The number of primary amides is 1. The number of nitrogens with two attached hydrogens (primary N) is 1. The molecule has 0 bridgehead atoms. The predicted octanol–water partition coefficient (Wildman–Crippen LogP) is 0.222. The van der Waals surface area contributed by atoms with Gasteiger partial charge in [-0.2, -0.15) is 27.8 Å². The summed E-state index contributed by atoms with van der Waals surface area (Å²) in [4.78, 5) is 20.2. The third kappa shape index (κ3) is 2.67. The van der Waals surface area contributed by atoms with E-state index in [1.54, 1.807) is 0 Å². The third-order valence-electron chi connectivity index (χ3n) is 3.74. The van der Waals surface area contributed by atoms with E-state index in [2.05, 4.69) is 15.1 Å². The van der Waals surface area contributed by atoms with Crippen molar-refractivity contribution in [3.8, 4) is 0 Å². The van der Waals surface area contributed by atoms with E-state index in [-0.39, 0.29) is 30.7 Å². The van der Waals surface area contributed by atoms with Crippen LogP contribution in [0.4, 0.5) is 19.0 Å². The average molecular weight is 330 g/mol. The van der Waals surface area contributed by atoms with Gasteiger partial charge in [-0.05, 0) is 0 Å². The fraction of sp³-hybridized carbons (Fsp3) is 0.500. The molecule has 2 aromatic rings. The number of hydrogen-bond donors (Lipinski definition) is 1. The highest BCUT2D eigenvalue weighted by Crippen LogP contribution is 2.33. The Kier molecular flexibility index (Phi) is 3.59. The minimum absolute atomic E-state index is 0.0446. The number of rotatable bonds is 3. The summed E-state index contributed by atoms with van der Waals surface area (Å²) in [5.74, 6) is -0.815. The zero-order valence-electron chi connectivity index (χ0n) is 12.0. The molecule has 1 aliphatic rings. The fourth-order valence-electron chi connectivity index (χ4n) is 2.64. The van der Waals surface area contributed by atoms with E-state index in [1.165, 1.54) is 12.0 Å². The second kappa shape index (κ2) is 5.33. The number of methoxy groups -OCH3 is 1. The van der Waals surface area contributed by atoms with Crippen LogP contribution >= 0.6 is 0 Å². The van der Waals surface area contributed by atoms with Gasteiger partial charge in [0.15, 0.2) is 5.69 Å². The first-order valence-corrected chi connectivity index (χ1v) is 6.68. The SMILES string of the molecule is CO[C@H]1C[C@@H](C(N)=O)N(c2cc(C(F)(F)F)nc3ncnn23)C1. The van der Waals surface area contributed by atoms with Gasteiger partial charge < -0.3 is 15.4 Å². The molecule has 23 heavy (non-hydrogen) atoms. The molecular weight excluding hydrogens is 317 g/mol. The lowest BCUT2D eigenvalue weighted by molar-refractivity contribution is -0.141. The Hall–Kier alpha value is -2.43. The first-order valence-electron chi connectivity index (χ1n) is 6.68. The van der Waals surface area contributed by atoms with Crippen molar-refractivity contribution in [1.82, 2.24) is 19.6 Å². The maximum atomic E-state index is 13.0. The Balaban J connectivity index is 2.14. The van der Waals surface area contributed by atoms with Crippen LogP contribution in [-0.4, -0.2) is 51.3 Å². The van der Waals surface area contributed by atoms with Gasteiger partial charge in [-0.3, -0.25) is 4.79 Å². The van der Waals surface area contributed by atoms with Gasteiger partial charge in [-0.15, -0.1) is 0 Å². The van der Waals surface area contributed by atoms with Crippen molar-refractivity contribution in [2.24, 2.45) is 5.73 Å². The molecule has 0 aromatic carbocycles. The van der Waals surface area contributed by atoms with Crippen LogP contribution in [0.1, 0.15) is 12.1 Å². The molecule has 0 saturated carbocycles. The fourth-order valence-corrected chi connectivity index (χ4v) is 2.64. The zero-order chi connectivity index (χ0) is 16.8.